The number of benzene rings is 2. The van der Waals surface area contributed by atoms with Gasteiger partial charge in [-0.25, -0.2) is 0 Å². The molecule has 4 nitrogen and oxygen atoms in total. The van der Waals surface area contributed by atoms with Crippen molar-refractivity contribution in [1.29, 1.82) is 5.26 Å². The number of rotatable bonds is 9. The van der Waals surface area contributed by atoms with Gasteiger partial charge in [-0.15, -0.1) is 20.2 Å². The SMILES string of the molecule is C=C(CC)CCC(=C)N(/C(C)=N\C)c1sc(C)c(C)c1C(=P)c1ccc(-c2ccc(N)c(C#N)c2)cc1. The topological polar surface area (TPSA) is 65.4 Å². The number of hydrogen-bond donors (Lipinski definition) is 1. The van der Waals surface area contributed by atoms with Crippen molar-refractivity contribution in [1.82, 2.24) is 0 Å². The normalized spacial score (nSPS) is 11.2. The quantitative estimate of drug-likeness (QED) is 0.100. The molecule has 0 aliphatic heterocycles. The first-order chi connectivity index (χ1) is 17.6. The van der Waals surface area contributed by atoms with Gasteiger partial charge in [0.2, 0.25) is 0 Å². The van der Waals surface area contributed by atoms with Crippen LogP contribution in [0.4, 0.5) is 10.7 Å². The number of nitriles is 1. The highest BCUT2D eigenvalue weighted by Crippen LogP contribution is 2.40. The molecule has 37 heavy (non-hydrogen) atoms. The summed E-state index contributed by atoms with van der Waals surface area (Å²) in [4.78, 5) is 7.96. The Morgan fingerprint density at radius 2 is 1.76 bits per heavy atom. The van der Waals surface area contributed by atoms with Crippen molar-refractivity contribution in [3.63, 3.8) is 0 Å². The maximum atomic E-state index is 9.34. The van der Waals surface area contributed by atoms with E-state index in [2.05, 4.69) is 83.0 Å². The molecule has 0 amide bonds. The summed E-state index contributed by atoms with van der Waals surface area (Å²) >= 11 is 1.76. The van der Waals surface area contributed by atoms with E-state index in [1.165, 1.54) is 16.0 Å². The van der Waals surface area contributed by atoms with Crippen LogP contribution < -0.4 is 10.6 Å². The Kier molecular flexibility index (Phi) is 9.27. The van der Waals surface area contributed by atoms with Gasteiger partial charge in [0.25, 0.3) is 0 Å². The molecule has 0 bridgehead atoms. The highest BCUT2D eigenvalue weighted by molar-refractivity contribution is 7.24. The average molecular weight is 527 g/mol. The number of anilines is 2. The fourth-order valence-corrected chi connectivity index (χ4v) is 5.91. The molecule has 0 aliphatic rings. The Balaban J connectivity index is 2.00. The average Bonchev–Trinajstić information content (AvgIpc) is 3.20. The fraction of sp³-hybridized carbons (Fsp3) is 0.258. The summed E-state index contributed by atoms with van der Waals surface area (Å²) in [5, 5.41) is 11.5. The van der Waals surface area contributed by atoms with E-state index in [0.717, 1.165) is 63.3 Å². The van der Waals surface area contributed by atoms with Crippen LogP contribution in [0.5, 0.6) is 0 Å². The molecular formula is C31H35N4PS. The number of amidine groups is 1. The zero-order valence-electron chi connectivity index (χ0n) is 22.4. The van der Waals surface area contributed by atoms with Gasteiger partial charge in [-0.05, 0) is 74.4 Å². The molecule has 2 aromatic carbocycles. The molecule has 0 radical (unpaired) electrons. The van der Waals surface area contributed by atoms with E-state index in [1.807, 2.05) is 26.1 Å². The summed E-state index contributed by atoms with van der Waals surface area (Å²) in [6, 6.07) is 16.1. The van der Waals surface area contributed by atoms with Gasteiger partial charge < -0.3 is 5.73 Å². The first-order valence-corrected chi connectivity index (χ1v) is 13.6. The van der Waals surface area contributed by atoms with Crippen molar-refractivity contribution in [2.24, 2.45) is 4.99 Å². The van der Waals surface area contributed by atoms with Crippen LogP contribution in [0.25, 0.3) is 11.1 Å². The van der Waals surface area contributed by atoms with Crippen molar-refractivity contribution in [2.45, 2.75) is 47.0 Å². The van der Waals surface area contributed by atoms with Crippen molar-refractivity contribution >= 4 is 42.0 Å². The van der Waals surface area contributed by atoms with E-state index < -0.39 is 0 Å². The summed E-state index contributed by atoms with van der Waals surface area (Å²) in [5.41, 5.74) is 14.5. The number of thiophene rings is 1. The number of hydrogen-bond acceptors (Lipinski definition) is 4. The minimum atomic E-state index is 0.485. The highest BCUT2D eigenvalue weighted by atomic mass is 32.1. The Bertz CT molecular complexity index is 1420. The lowest BCUT2D eigenvalue weighted by atomic mass is 9.97. The molecule has 1 aromatic heterocycles. The summed E-state index contributed by atoms with van der Waals surface area (Å²) in [6.45, 7) is 17.1. The lowest BCUT2D eigenvalue weighted by molar-refractivity contribution is 0.867. The number of nitrogen functional groups attached to an aromatic ring is 1. The molecule has 3 rings (SSSR count). The second-order valence-electron chi connectivity index (χ2n) is 9.11. The van der Waals surface area contributed by atoms with Crippen LogP contribution in [-0.4, -0.2) is 18.2 Å². The molecule has 2 N–H and O–H groups in total. The van der Waals surface area contributed by atoms with Gasteiger partial charge in [0.15, 0.2) is 0 Å². The third kappa shape index (κ3) is 6.10. The number of aryl methyl sites for hydroxylation is 1. The van der Waals surface area contributed by atoms with E-state index in [4.69, 9.17) is 5.73 Å². The maximum absolute atomic E-state index is 9.34. The fourth-order valence-electron chi connectivity index (χ4n) is 4.10. The molecule has 0 fully saturated rings. The number of nitrogens with zero attached hydrogens (tertiary/aromatic N) is 3. The first-order valence-electron chi connectivity index (χ1n) is 12.3. The van der Waals surface area contributed by atoms with Crippen molar-refractivity contribution in [2.75, 3.05) is 17.7 Å². The monoisotopic (exact) mass is 526 g/mol. The van der Waals surface area contributed by atoms with Crippen LogP contribution in [0.2, 0.25) is 0 Å². The predicted molar refractivity (Wildman–Crippen MR) is 166 cm³/mol. The Labute approximate surface area is 227 Å². The number of aliphatic imine (C=N–C) groups is 1. The minimum absolute atomic E-state index is 0.485. The smallest absolute Gasteiger partial charge is 0.109 e. The zero-order valence-corrected chi connectivity index (χ0v) is 24.2. The lowest BCUT2D eigenvalue weighted by Gasteiger charge is -2.27. The second kappa shape index (κ2) is 12.2. The van der Waals surface area contributed by atoms with Gasteiger partial charge in [0, 0.05) is 34.2 Å². The van der Waals surface area contributed by atoms with Crippen LogP contribution >= 0.6 is 20.2 Å². The summed E-state index contributed by atoms with van der Waals surface area (Å²) < 4.78 is 0. The summed E-state index contributed by atoms with van der Waals surface area (Å²) in [5.74, 6) is 0.904. The molecular weight excluding hydrogens is 491 g/mol. The Morgan fingerprint density at radius 1 is 1.11 bits per heavy atom. The van der Waals surface area contributed by atoms with Gasteiger partial charge in [-0.2, -0.15) is 5.26 Å². The van der Waals surface area contributed by atoms with Crippen LogP contribution in [-0.2, 0) is 0 Å². The van der Waals surface area contributed by atoms with E-state index in [1.54, 1.807) is 17.4 Å². The Morgan fingerprint density at radius 3 is 2.35 bits per heavy atom. The molecule has 0 unspecified atom stereocenters. The van der Waals surface area contributed by atoms with Gasteiger partial charge in [0.05, 0.1) is 5.56 Å². The molecule has 6 heteroatoms. The van der Waals surface area contributed by atoms with Crippen LogP contribution in [0.3, 0.4) is 0 Å². The van der Waals surface area contributed by atoms with E-state index in [-0.39, 0.29) is 0 Å². The first kappa shape index (κ1) is 28.1. The molecule has 190 valence electrons. The molecule has 0 aliphatic carbocycles. The minimum Gasteiger partial charge on any atom is -0.398 e. The van der Waals surface area contributed by atoms with Gasteiger partial charge >= 0.3 is 0 Å². The molecule has 3 aromatic rings. The van der Waals surface area contributed by atoms with E-state index >= 15 is 0 Å². The molecule has 0 atom stereocenters. The second-order valence-corrected chi connectivity index (χ2v) is 10.8. The third-order valence-electron chi connectivity index (χ3n) is 6.73. The van der Waals surface area contributed by atoms with Crippen LogP contribution in [0.15, 0.2) is 71.9 Å². The molecule has 1 heterocycles. The Hall–Kier alpha value is -3.45. The standard InChI is InChI=1S/C31H35N4PS/c1-8-19(2)9-10-20(3)35(23(6)34-7)31-29(21(4)22(5)37-31)30(36)25-13-11-24(12-14-25)26-15-16-28(33)27(17-26)18-32/h11-17,36H,2-3,8-10,33H2,1,4-7H3/b34-23-. The zero-order chi connectivity index (χ0) is 27.3. The number of nitrogens with two attached hydrogens (primary N) is 1. The maximum Gasteiger partial charge on any atom is 0.109 e. The van der Waals surface area contributed by atoms with Crippen molar-refractivity contribution < 1.29 is 0 Å². The molecule has 0 spiro atoms. The van der Waals surface area contributed by atoms with E-state index in [0.29, 0.717) is 11.3 Å². The summed E-state index contributed by atoms with van der Waals surface area (Å²) in [7, 11) is 5.82. The van der Waals surface area contributed by atoms with Crippen molar-refractivity contribution in [3.05, 3.63) is 94.0 Å². The van der Waals surface area contributed by atoms with Crippen molar-refractivity contribution in [3.8, 4) is 17.2 Å². The molecule has 0 saturated heterocycles. The highest BCUT2D eigenvalue weighted by Gasteiger charge is 2.24. The van der Waals surface area contributed by atoms with Gasteiger partial charge in [-0.3, -0.25) is 9.89 Å². The predicted octanol–water partition coefficient (Wildman–Crippen LogP) is 8.31. The largest absolute Gasteiger partial charge is 0.398 e. The van der Waals surface area contributed by atoms with Crippen LogP contribution in [0, 0.1) is 25.2 Å². The lowest BCUT2D eigenvalue weighted by Crippen LogP contribution is -2.28. The van der Waals surface area contributed by atoms with Crippen LogP contribution in [0.1, 0.15) is 60.2 Å². The van der Waals surface area contributed by atoms with Gasteiger partial charge in [-0.1, -0.05) is 56.0 Å². The molecule has 0 saturated carbocycles. The van der Waals surface area contributed by atoms with Gasteiger partial charge in [0.1, 0.15) is 16.9 Å². The van der Waals surface area contributed by atoms with E-state index in [9.17, 15) is 5.26 Å². The number of allylic oxidation sites excluding steroid dienone is 2. The third-order valence-corrected chi connectivity index (χ3v) is 8.46. The summed E-state index contributed by atoms with van der Waals surface area (Å²) in [6.07, 6.45) is 2.71.